The Morgan fingerprint density at radius 2 is 1.90 bits per heavy atom. The third-order valence-electron chi connectivity index (χ3n) is 4.33. The molecule has 0 aliphatic carbocycles. The molecule has 11 heteroatoms. The topological polar surface area (TPSA) is 120 Å². The molecule has 1 aromatic carbocycles. The molecule has 0 radical (unpaired) electrons. The van der Waals surface area contributed by atoms with Crippen LogP contribution in [0.3, 0.4) is 0 Å². The Morgan fingerprint density at radius 1 is 1.07 bits per heavy atom. The molecule has 1 aliphatic heterocycles. The molecule has 29 heavy (non-hydrogen) atoms. The first kappa shape index (κ1) is 19.5. The second kappa shape index (κ2) is 8.29. The second-order valence-corrected chi connectivity index (χ2v) is 8.04. The van der Waals surface area contributed by atoms with Gasteiger partial charge in [-0.2, -0.15) is 11.1 Å². The highest BCUT2D eigenvalue weighted by atomic mass is 32.2. The van der Waals surface area contributed by atoms with Crippen molar-refractivity contribution in [3.63, 3.8) is 0 Å². The van der Waals surface area contributed by atoms with Gasteiger partial charge in [0.25, 0.3) is 0 Å². The first-order valence-corrected chi connectivity index (χ1v) is 10.2. The minimum Gasteiger partial charge on any atom is -0.264 e. The summed E-state index contributed by atoms with van der Waals surface area (Å²) in [6, 6.07) is 10.8. The van der Waals surface area contributed by atoms with E-state index >= 15 is 0 Å². The summed E-state index contributed by atoms with van der Waals surface area (Å²) in [6.07, 6.45) is 4.35. The summed E-state index contributed by atoms with van der Waals surface area (Å²) in [6.45, 7) is 0.0634. The lowest BCUT2D eigenvalue weighted by molar-refractivity contribution is 0.507. The van der Waals surface area contributed by atoms with Crippen LogP contribution in [-0.4, -0.2) is 18.4 Å². The summed E-state index contributed by atoms with van der Waals surface area (Å²) in [5, 5.41) is 0. The number of pyridine rings is 2. The molecule has 0 amide bonds. The van der Waals surface area contributed by atoms with Crippen LogP contribution in [0.1, 0.15) is 17.3 Å². The van der Waals surface area contributed by atoms with Crippen LogP contribution >= 0.6 is 0 Å². The lowest BCUT2D eigenvalue weighted by Crippen LogP contribution is -2.33. The highest BCUT2D eigenvalue weighted by Crippen LogP contribution is 2.21. The van der Waals surface area contributed by atoms with Crippen molar-refractivity contribution in [3.05, 3.63) is 78.0 Å². The van der Waals surface area contributed by atoms with Crippen LogP contribution in [0.15, 0.2) is 66.0 Å². The summed E-state index contributed by atoms with van der Waals surface area (Å²) in [7, 11) is -3.85. The highest BCUT2D eigenvalue weighted by molar-refractivity contribution is 7.89. The largest absolute Gasteiger partial charge is 0.264 e. The Balaban J connectivity index is 1.52. The summed E-state index contributed by atoms with van der Waals surface area (Å²) in [4.78, 5) is 8.32. The van der Waals surface area contributed by atoms with E-state index in [1.165, 1.54) is 12.1 Å². The second-order valence-electron chi connectivity index (χ2n) is 6.27. The number of rotatable bonds is 6. The van der Waals surface area contributed by atoms with Crippen LogP contribution < -0.4 is 26.6 Å². The van der Waals surface area contributed by atoms with E-state index < -0.39 is 22.0 Å². The number of aromatic nitrogens is 2. The molecule has 1 fully saturated rings. The van der Waals surface area contributed by atoms with Crippen molar-refractivity contribution in [3.8, 4) is 11.3 Å². The monoisotopic (exact) mass is 415 g/mol. The van der Waals surface area contributed by atoms with Crippen molar-refractivity contribution in [2.24, 2.45) is 0 Å². The quantitative estimate of drug-likeness (QED) is 0.402. The molecule has 3 heterocycles. The maximum Gasteiger partial charge on any atom is 0.240 e. The van der Waals surface area contributed by atoms with Crippen LogP contribution in [0.5, 0.6) is 0 Å². The summed E-state index contributed by atoms with van der Waals surface area (Å²) < 4.78 is 42.1. The van der Waals surface area contributed by atoms with E-state index in [-0.39, 0.29) is 17.0 Å². The fourth-order valence-corrected chi connectivity index (χ4v) is 3.89. The Kier molecular flexibility index (Phi) is 5.58. The average molecular weight is 415 g/mol. The van der Waals surface area contributed by atoms with E-state index in [4.69, 9.17) is 0 Å². The lowest BCUT2D eigenvalue weighted by Gasteiger charge is -2.13. The van der Waals surface area contributed by atoms with Gasteiger partial charge < -0.3 is 0 Å². The Hall–Kier alpha value is -2.80. The molecule has 0 saturated carbocycles. The number of sulfonamides is 1. The van der Waals surface area contributed by atoms with Gasteiger partial charge in [0.2, 0.25) is 10.0 Å². The van der Waals surface area contributed by atoms with Gasteiger partial charge >= 0.3 is 0 Å². The maximum absolute atomic E-state index is 14.1. The molecule has 2 aromatic heterocycles. The zero-order valence-electron chi connectivity index (χ0n) is 15.1. The van der Waals surface area contributed by atoms with Crippen molar-refractivity contribution in [1.29, 1.82) is 0 Å². The Morgan fingerprint density at radius 3 is 2.66 bits per heavy atom. The van der Waals surface area contributed by atoms with Crippen LogP contribution in [0.4, 0.5) is 4.39 Å². The number of benzene rings is 1. The molecular weight excluding hydrogens is 397 g/mol. The summed E-state index contributed by atoms with van der Waals surface area (Å²) in [5.74, 6) is -0.533. The number of hydrazine groups is 3. The van der Waals surface area contributed by atoms with E-state index in [0.29, 0.717) is 5.69 Å². The summed E-state index contributed by atoms with van der Waals surface area (Å²) >= 11 is 0. The van der Waals surface area contributed by atoms with Crippen molar-refractivity contribution in [1.82, 2.24) is 36.6 Å². The molecule has 0 unspecified atom stereocenters. The van der Waals surface area contributed by atoms with E-state index in [2.05, 4.69) is 36.6 Å². The molecule has 3 aromatic rings. The number of nitrogens with one attached hydrogen (secondary N) is 5. The van der Waals surface area contributed by atoms with Gasteiger partial charge in [-0.15, -0.1) is 0 Å². The zero-order valence-corrected chi connectivity index (χ0v) is 15.9. The predicted molar refractivity (Wildman–Crippen MR) is 103 cm³/mol. The Bertz CT molecular complexity index is 1110. The van der Waals surface area contributed by atoms with E-state index in [1.54, 1.807) is 36.8 Å². The normalized spacial score (nSPS) is 14.9. The molecule has 0 atom stereocenters. The highest BCUT2D eigenvalue weighted by Gasteiger charge is 2.22. The first-order chi connectivity index (χ1) is 14.0. The molecule has 5 N–H and O–H groups in total. The molecule has 1 saturated heterocycles. The molecule has 4 rings (SSSR count). The van der Waals surface area contributed by atoms with Gasteiger partial charge in [0.15, 0.2) is 0 Å². The van der Waals surface area contributed by atoms with E-state index in [9.17, 15) is 12.8 Å². The summed E-state index contributed by atoms with van der Waals surface area (Å²) in [5.41, 5.74) is 13.0. The zero-order chi connectivity index (χ0) is 20.3. The van der Waals surface area contributed by atoms with E-state index in [1.807, 2.05) is 6.07 Å². The average Bonchev–Trinajstić information content (AvgIpc) is 3.28. The van der Waals surface area contributed by atoms with Crippen molar-refractivity contribution >= 4 is 10.0 Å². The standard InChI is InChI=1S/C18H18FN7O2S/c19-16-4-3-14(9-15(16)18-23-25-26-24-18)29(27,28)22-10-12-5-7-21-17(8-12)13-2-1-6-20-11-13/h1-9,11,18,22-26H,10H2. The van der Waals surface area contributed by atoms with Crippen LogP contribution in [0, 0.1) is 5.82 Å². The smallest absolute Gasteiger partial charge is 0.240 e. The van der Waals surface area contributed by atoms with Crippen LogP contribution in [0.2, 0.25) is 0 Å². The van der Waals surface area contributed by atoms with Gasteiger partial charge in [0.05, 0.1) is 10.6 Å². The predicted octanol–water partition coefficient (Wildman–Crippen LogP) is 0.877. The van der Waals surface area contributed by atoms with Gasteiger partial charge in [-0.05, 0) is 48.0 Å². The minimum atomic E-state index is -3.85. The number of nitrogens with zero attached hydrogens (tertiary/aromatic N) is 2. The van der Waals surface area contributed by atoms with E-state index in [0.717, 1.165) is 17.2 Å². The fourth-order valence-electron chi connectivity index (χ4n) is 2.84. The van der Waals surface area contributed by atoms with Crippen LogP contribution in [0.25, 0.3) is 11.3 Å². The SMILES string of the molecule is O=S(=O)(NCc1ccnc(-c2cccnc2)c1)c1ccc(F)c(C2NNNN2)c1. The van der Waals surface area contributed by atoms with Gasteiger partial charge in [-0.3, -0.25) is 9.97 Å². The molecule has 0 bridgehead atoms. The molecular formula is C18H18FN7O2S. The maximum atomic E-state index is 14.1. The van der Waals surface area contributed by atoms with Crippen molar-refractivity contribution < 1.29 is 12.8 Å². The molecule has 9 nitrogen and oxygen atoms in total. The fraction of sp³-hybridized carbons (Fsp3) is 0.111. The van der Waals surface area contributed by atoms with Gasteiger partial charge in [0, 0.05) is 36.3 Å². The van der Waals surface area contributed by atoms with Crippen molar-refractivity contribution in [2.75, 3.05) is 0 Å². The molecule has 150 valence electrons. The number of hydrogen-bond donors (Lipinski definition) is 5. The molecule has 0 spiro atoms. The third-order valence-corrected chi connectivity index (χ3v) is 5.73. The lowest BCUT2D eigenvalue weighted by atomic mass is 10.1. The van der Waals surface area contributed by atoms with Gasteiger partial charge in [-0.1, -0.05) is 0 Å². The first-order valence-electron chi connectivity index (χ1n) is 8.68. The number of halogens is 1. The third kappa shape index (κ3) is 4.45. The minimum absolute atomic E-state index is 0.0362. The Labute approximate surface area is 166 Å². The van der Waals surface area contributed by atoms with Gasteiger partial charge in [0.1, 0.15) is 12.0 Å². The number of hydrogen-bond acceptors (Lipinski definition) is 8. The van der Waals surface area contributed by atoms with Crippen LogP contribution in [-0.2, 0) is 16.6 Å². The van der Waals surface area contributed by atoms with Gasteiger partial charge in [-0.25, -0.2) is 28.4 Å². The van der Waals surface area contributed by atoms with Crippen molar-refractivity contribution in [2.45, 2.75) is 17.6 Å². The molecule has 1 aliphatic rings.